The Morgan fingerprint density at radius 3 is 2.76 bits per heavy atom. The predicted molar refractivity (Wildman–Crippen MR) is 97.5 cm³/mol. The Labute approximate surface area is 164 Å². The molecule has 0 bridgehead atoms. The molecule has 3 N–H and O–H groups in total. The first-order valence-corrected chi connectivity index (χ1v) is 8.72. The van der Waals surface area contributed by atoms with Crippen molar-refractivity contribution in [1.29, 1.82) is 5.26 Å². The van der Waals surface area contributed by atoms with Gasteiger partial charge in [0.2, 0.25) is 5.60 Å². The molecule has 0 saturated carbocycles. The minimum absolute atomic E-state index is 0.197. The molecule has 4 rings (SSSR count). The number of nitrogens with zero attached hydrogens (tertiary/aromatic N) is 4. The first-order chi connectivity index (χ1) is 14.0. The van der Waals surface area contributed by atoms with Crippen molar-refractivity contribution in [3.63, 3.8) is 0 Å². The highest BCUT2D eigenvalue weighted by molar-refractivity contribution is 6.05. The number of benzene rings is 1. The van der Waals surface area contributed by atoms with E-state index >= 15 is 0 Å². The van der Waals surface area contributed by atoms with Crippen LogP contribution in [0.5, 0.6) is 0 Å². The Kier molecular flexibility index (Phi) is 4.71. The third-order valence-electron chi connectivity index (χ3n) is 4.87. The SMILES string of the molecule is N#C[C@]1(CO)O[C@@H](c2ccc3c(NC(=O)c4ccccc4)ncnn23)[C@H](F)[C@@H]1O. The Bertz CT molecular complexity index is 1100. The fourth-order valence-corrected chi connectivity index (χ4v) is 3.30. The van der Waals surface area contributed by atoms with Crippen LogP contribution in [0.25, 0.3) is 5.52 Å². The minimum atomic E-state index is -2.06. The number of aromatic nitrogens is 3. The Morgan fingerprint density at radius 2 is 2.10 bits per heavy atom. The summed E-state index contributed by atoms with van der Waals surface area (Å²) in [4.78, 5) is 16.5. The molecule has 0 radical (unpaired) electrons. The maximum Gasteiger partial charge on any atom is 0.256 e. The normalized spacial score (nSPS) is 26.3. The molecule has 0 unspecified atom stereocenters. The zero-order valence-corrected chi connectivity index (χ0v) is 14.9. The molecule has 0 spiro atoms. The molecular weight excluding hydrogens is 381 g/mol. The van der Waals surface area contributed by atoms with Gasteiger partial charge in [-0.25, -0.2) is 13.9 Å². The Morgan fingerprint density at radius 1 is 1.34 bits per heavy atom. The fourth-order valence-electron chi connectivity index (χ4n) is 3.30. The molecule has 1 saturated heterocycles. The number of anilines is 1. The number of nitrogens with one attached hydrogen (secondary N) is 1. The maximum absolute atomic E-state index is 14.7. The number of hydrogen-bond acceptors (Lipinski definition) is 7. The summed E-state index contributed by atoms with van der Waals surface area (Å²) >= 11 is 0. The van der Waals surface area contributed by atoms with E-state index in [1.165, 1.54) is 16.9 Å². The number of ether oxygens (including phenoxy) is 1. The summed E-state index contributed by atoms with van der Waals surface area (Å²) in [5, 5.41) is 35.5. The van der Waals surface area contributed by atoms with Crippen LogP contribution in [0.4, 0.5) is 10.2 Å². The van der Waals surface area contributed by atoms with Gasteiger partial charge in [-0.15, -0.1) is 0 Å². The van der Waals surface area contributed by atoms with E-state index < -0.39 is 30.6 Å². The number of carbonyl (C=O) groups is 1. The van der Waals surface area contributed by atoms with Gasteiger partial charge in [-0.2, -0.15) is 10.4 Å². The Balaban J connectivity index is 1.68. The lowest BCUT2D eigenvalue weighted by molar-refractivity contribution is -0.0746. The summed E-state index contributed by atoms with van der Waals surface area (Å²) in [7, 11) is 0. The average Bonchev–Trinajstić information content (AvgIpc) is 3.29. The zero-order valence-electron chi connectivity index (χ0n) is 14.9. The molecule has 148 valence electrons. The first kappa shape index (κ1) is 18.9. The third kappa shape index (κ3) is 3.01. The molecule has 1 amide bonds. The van der Waals surface area contributed by atoms with Crippen molar-refractivity contribution >= 4 is 17.2 Å². The summed E-state index contributed by atoms with van der Waals surface area (Å²) in [6.07, 6.45) is -3.95. The number of rotatable bonds is 4. The van der Waals surface area contributed by atoms with Crippen LogP contribution < -0.4 is 5.32 Å². The number of hydrogen-bond donors (Lipinski definition) is 3. The molecule has 1 aliphatic heterocycles. The number of amides is 1. The molecule has 10 heteroatoms. The highest BCUT2D eigenvalue weighted by Gasteiger charge is 2.56. The number of alkyl halides is 1. The van der Waals surface area contributed by atoms with Crippen LogP contribution in [0.15, 0.2) is 48.8 Å². The van der Waals surface area contributed by atoms with Crippen molar-refractivity contribution in [3.8, 4) is 6.07 Å². The van der Waals surface area contributed by atoms with Gasteiger partial charge < -0.3 is 20.3 Å². The van der Waals surface area contributed by atoms with Crippen LogP contribution in [0.3, 0.4) is 0 Å². The Hall–Kier alpha value is -3.39. The molecule has 2 aromatic heterocycles. The highest BCUT2D eigenvalue weighted by atomic mass is 19.1. The quantitative estimate of drug-likeness (QED) is 0.598. The number of halogens is 1. The molecule has 1 aromatic carbocycles. The van der Waals surface area contributed by atoms with E-state index in [1.54, 1.807) is 42.5 Å². The van der Waals surface area contributed by atoms with Gasteiger partial charge in [-0.1, -0.05) is 18.2 Å². The van der Waals surface area contributed by atoms with Gasteiger partial charge >= 0.3 is 0 Å². The number of nitriles is 1. The highest BCUT2D eigenvalue weighted by Crippen LogP contribution is 2.42. The summed E-state index contributed by atoms with van der Waals surface area (Å²) in [6, 6.07) is 13.2. The standard InChI is InChI=1S/C19H16FN5O4/c20-14-15(29-19(8-21,9-26)16(14)27)12-6-7-13-17(22-10-23-25(12)13)24-18(28)11-4-2-1-3-5-11/h1-7,10,14-16,26-27H,9H2,(H,22,23,24,28)/t14-,15-,16-,19+/m0/s1. The van der Waals surface area contributed by atoms with Crippen molar-refractivity contribution in [2.75, 3.05) is 11.9 Å². The van der Waals surface area contributed by atoms with Crippen LogP contribution in [-0.4, -0.2) is 55.2 Å². The molecular formula is C19H16FN5O4. The van der Waals surface area contributed by atoms with E-state index in [-0.39, 0.29) is 17.4 Å². The van der Waals surface area contributed by atoms with Crippen LogP contribution in [0.2, 0.25) is 0 Å². The first-order valence-electron chi connectivity index (χ1n) is 8.72. The lowest BCUT2D eigenvalue weighted by Crippen LogP contribution is -2.44. The van der Waals surface area contributed by atoms with Crippen molar-refractivity contribution in [2.24, 2.45) is 0 Å². The zero-order chi connectivity index (χ0) is 20.6. The molecule has 4 atom stereocenters. The summed E-state index contributed by atoms with van der Waals surface area (Å²) in [5.41, 5.74) is -1.06. The monoisotopic (exact) mass is 397 g/mol. The molecule has 3 aromatic rings. The lowest BCUT2D eigenvalue weighted by atomic mass is 9.97. The van der Waals surface area contributed by atoms with Crippen LogP contribution in [0.1, 0.15) is 22.2 Å². The average molecular weight is 397 g/mol. The number of aliphatic hydroxyl groups is 2. The smallest absolute Gasteiger partial charge is 0.256 e. The molecule has 0 aliphatic carbocycles. The van der Waals surface area contributed by atoms with Gasteiger partial charge in [0, 0.05) is 5.56 Å². The number of carbonyl (C=O) groups excluding carboxylic acids is 1. The third-order valence-corrected chi connectivity index (χ3v) is 4.87. The lowest BCUT2D eigenvalue weighted by Gasteiger charge is -2.20. The second kappa shape index (κ2) is 7.21. The van der Waals surface area contributed by atoms with E-state index in [2.05, 4.69) is 15.4 Å². The largest absolute Gasteiger partial charge is 0.392 e. The second-order valence-electron chi connectivity index (χ2n) is 6.57. The van der Waals surface area contributed by atoms with Crippen molar-refractivity contribution in [3.05, 3.63) is 60.0 Å². The molecule has 3 heterocycles. The van der Waals surface area contributed by atoms with Gasteiger partial charge in [0.15, 0.2) is 12.0 Å². The van der Waals surface area contributed by atoms with Gasteiger partial charge in [-0.3, -0.25) is 4.79 Å². The van der Waals surface area contributed by atoms with Crippen molar-refractivity contribution < 1.29 is 24.1 Å². The molecule has 9 nitrogen and oxygen atoms in total. The molecule has 1 fully saturated rings. The van der Waals surface area contributed by atoms with E-state index in [0.29, 0.717) is 11.1 Å². The van der Waals surface area contributed by atoms with Crippen LogP contribution in [-0.2, 0) is 4.74 Å². The van der Waals surface area contributed by atoms with E-state index in [9.17, 15) is 24.7 Å². The van der Waals surface area contributed by atoms with Gasteiger partial charge in [0.25, 0.3) is 5.91 Å². The van der Waals surface area contributed by atoms with Gasteiger partial charge in [-0.05, 0) is 24.3 Å². The van der Waals surface area contributed by atoms with Gasteiger partial charge in [0.1, 0.15) is 30.1 Å². The molecule has 1 aliphatic rings. The number of aliphatic hydroxyl groups excluding tert-OH is 2. The predicted octanol–water partition coefficient (Wildman–Crippen LogP) is 1.01. The van der Waals surface area contributed by atoms with Crippen LogP contribution in [0, 0.1) is 11.3 Å². The summed E-state index contributed by atoms with van der Waals surface area (Å²) < 4.78 is 21.4. The van der Waals surface area contributed by atoms with Crippen molar-refractivity contribution in [2.45, 2.75) is 24.0 Å². The second-order valence-corrected chi connectivity index (χ2v) is 6.57. The van der Waals surface area contributed by atoms with E-state index in [1.807, 2.05) is 0 Å². The fraction of sp³-hybridized carbons (Fsp3) is 0.263. The maximum atomic E-state index is 14.7. The van der Waals surface area contributed by atoms with E-state index in [0.717, 1.165) is 0 Å². The summed E-state index contributed by atoms with van der Waals surface area (Å²) in [6.45, 7) is -0.863. The molecule has 29 heavy (non-hydrogen) atoms. The van der Waals surface area contributed by atoms with Gasteiger partial charge in [0.05, 0.1) is 12.3 Å². The minimum Gasteiger partial charge on any atom is -0.392 e. The topological polar surface area (TPSA) is 133 Å². The van der Waals surface area contributed by atoms with Crippen molar-refractivity contribution in [1.82, 2.24) is 14.6 Å². The number of fused-ring (bicyclic) bond motifs is 1. The van der Waals surface area contributed by atoms with E-state index in [4.69, 9.17) is 4.74 Å². The summed E-state index contributed by atoms with van der Waals surface area (Å²) in [5.74, 6) is -0.184. The van der Waals surface area contributed by atoms with Crippen LogP contribution >= 0.6 is 0 Å².